The normalized spacial score (nSPS) is 10.8. The molecule has 1 aromatic carbocycles. The second-order valence-corrected chi connectivity index (χ2v) is 5.13. The van der Waals surface area contributed by atoms with Crippen molar-refractivity contribution in [2.75, 3.05) is 0 Å². The van der Waals surface area contributed by atoms with E-state index in [1.165, 1.54) is 12.1 Å². The summed E-state index contributed by atoms with van der Waals surface area (Å²) >= 11 is 5.93. The number of halogens is 2. The van der Waals surface area contributed by atoms with Crippen LogP contribution in [0.4, 0.5) is 4.39 Å². The summed E-state index contributed by atoms with van der Waals surface area (Å²) in [5, 5.41) is 4.60. The Morgan fingerprint density at radius 2 is 2.10 bits per heavy atom. The minimum absolute atomic E-state index is 0.0353. The molecule has 0 saturated carbocycles. The van der Waals surface area contributed by atoms with Gasteiger partial charge in [0.25, 0.3) is 0 Å². The van der Waals surface area contributed by atoms with Gasteiger partial charge in [0.1, 0.15) is 11.6 Å². The van der Waals surface area contributed by atoms with Crippen molar-refractivity contribution in [1.29, 1.82) is 0 Å². The Bertz CT molecular complexity index is 637. The quantitative estimate of drug-likeness (QED) is 0.847. The van der Waals surface area contributed by atoms with Crippen LogP contribution in [0.25, 0.3) is 0 Å². The lowest BCUT2D eigenvalue weighted by Crippen LogP contribution is -2.11. The zero-order chi connectivity index (χ0) is 14.7. The number of hydrogen-bond donors (Lipinski definition) is 0. The number of hydrogen-bond acceptors (Lipinski definition) is 2. The monoisotopic (exact) mass is 294 g/mol. The van der Waals surface area contributed by atoms with Gasteiger partial charge in [-0.15, -0.1) is 0 Å². The van der Waals surface area contributed by atoms with Crippen LogP contribution >= 0.6 is 11.6 Å². The molecule has 0 atom stereocenters. The minimum Gasteiger partial charge on any atom is -0.299 e. The lowest BCUT2D eigenvalue weighted by Gasteiger charge is -2.06. The maximum Gasteiger partial charge on any atom is 0.143 e. The standard InChI is InChI=1S/C15H16ClFN2O/c1-3-19-13(6-10(2)18-19)9-14(20)7-11-4-5-12(17)8-15(11)16/h4-6,8H,3,7,9H2,1-2H3. The summed E-state index contributed by atoms with van der Waals surface area (Å²) in [6.07, 6.45) is 0.509. The number of carbonyl (C=O) groups is 1. The number of aryl methyl sites for hydroxylation is 2. The fourth-order valence-electron chi connectivity index (χ4n) is 2.16. The van der Waals surface area contributed by atoms with Crippen LogP contribution in [-0.2, 0) is 24.2 Å². The van der Waals surface area contributed by atoms with Crippen molar-refractivity contribution in [3.05, 3.63) is 52.1 Å². The molecule has 0 unspecified atom stereocenters. The molecule has 0 aliphatic carbocycles. The number of aromatic nitrogens is 2. The van der Waals surface area contributed by atoms with E-state index in [9.17, 15) is 9.18 Å². The van der Waals surface area contributed by atoms with E-state index in [4.69, 9.17) is 11.6 Å². The molecule has 0 spiro atoms. The van der Waals surface area contributed by atoms with E-state index in [1.54, 1.807) is 6.07 Å². The molecule has 1 aromatic heterocycles. The topological polar surface area (TPSA) is 34.9 Å². The lowest BCUT2D eigenvalue weighted by atomic mass is 10.1. The van der Waals surface area contributed by atoms with Gasteiger partial charge in [0.15, 0.2) is 0 Å². The molecule has 2 rings (SSSR count). The molecule has 0 aliphatic rings. The van der Waals surface area contributed by atoms with Crippen molar-refractivity contribution >= 4 is 17.4 Å². The summed E-state index contributed by atoms with van der Waals surface area (Å²) in [5.41, 5.74) is 2.44. The van der Waals surface area contributed by atoms with Crippen LogP contribution in [0.3, 0.4) is 0 Å². The van der Waals surface area contributed by atoms with Crippen LogP contribution in [0.15, 0.2) is 24.3 Å². The van der Waals surface area contributed by atoms with Gasteiger partial charge in [-0.05, 0) is 37.6 Å². The Morgan fingerprint density at radius 1 is 1.35 bits per heavy atom. The van der Waals surface area contributed by atoms with Crippen LogP contribution < -0.4 is 0 Å². The first-order valence-electron chi connectivity index (χ1n) is 6.48. The van der Waals surface area contributed by atoms with E-state index in [1.807, 2.05) is 24.6 Å². The summed E-state index contributed by atoms with van der Waals surface area (Å²) in [7, 11) is 0. The van der Waals surface area contributed by atoms with Crippen LogP contribution in [0.5, 0.6) is 0 Å². The summed E-state index contributed by atoms with van der Waals surface area (Å²) in [5.74, 6) is -0.362. The first kappa shape index (κ1) is 14.7. The van der Waals surface area contributed by atoms with Crippen LogP contribution in [0, 0.1) is 12.7 Å². The zero-order valence-electron chi connectivity index (χ0n) is 11.5. The molecule has 0 bridgehead atoms. The molecular weight excluding hydrogens is 279 g/mol. The van der Waals surface area contributed by atoms with Gasteiger partial charge in [-0.1, -0.05) is 17.7 Å². The number of nitrogens with zero attached hydrogens (tertiary/aromatic N) is 2. The molecule has 3 nitrogen and oxygen atoms in total. The first-order chi connectivity index (χ1) is 9.49. The number of ketones is 1. The predicted molar refractivity (Wildman–Crippen MR) is 76.5 cm³/mol. The average molecular weight is 295 g/mol. The van der Waals surface area contributed by atoms with E-state index in [-0.39, 0.29) is 12.2 Å². The summed E-state index contributed by atoms with van der Waals surface area (Å²) in [6, 6.07) is 6.01. The molecule has 0 N–H and O–H groups in total. The van der Waals surface area contributed by atoms with E-state index in [0.29, 0.717) is 17.0 Å². The molecule has 5 heteroatoms. The van der Waals surface area contributed by atoms with Gasteiger partial charge in [-0.2, -0.15) is 5.10 Å². The molecule has 0 radical (unpaired) electrons. The highest BCUT2D eigenvalue weighted by Crippen LogP contribution is 2.18. The second-order valence-electron chi connectivity index (χ2n) is 4.72. The van der Waals surface area contributed by atoms with E-state index < -0.39 is 5.82 Å². The Morgan fingerprint density at radius 3 is 2.75 bits per heavy atom. The van der Waals surface area contributed by atoms with Crippen molar-refractivity contribution in [2.45, 2.75) is 33.2 Å². The molecule has 106 valence electrons. The maximum absolute atomic E-state index is 13.0. The fourth-order valence-corrected chi connectivity index (χ4v) is 2.39. The first-order valence-corrected chi connectivity index (χ1v) is 6.86. The fraction of sp³-hybridized carbons (Fsp3) is 0.333. The Balaban J connectivity index is 2.09. The largest absolute Gasteiger partial charge is 0.299 e. The van der Waals surface area contributed by atoms with Gasteiger partial charge in [0.2, 0.25) is 0 Å². The molecule has 0 aliphatic heterocycles. The number of rotatable bonds is 5. The lowest BCUT2D eigenvalue weighted by molar-refractivity contribution is -0.117. The second kappa shape index (κ2) is 6.18. The van der Waals surface area contributed by atoms with Crippen molar-refractivity contribution in [3.63, 3.8) is 0 Å². The van der Waals surface area contributed by atoms with Gasteiger partial charge in [-0.3, -0.25) is 9.48 Å². The van der Waals surface area contributed by atoms with Gasteiger partial charge < -0.3 is 0 Å². The van der Waals surface area contributed by atoms with Crippen molar-refractivity contribution in [3.8, 4) is 0 Å². The minimum atomic E-state index is -0.397. The maximum atomic E-state index is 13.0. The highest BCUT2D eigenvalue weighted by molar-refractivity contribution is 6.31. The Hall–Kier alpha value is -1.68. The third-order valence-electron chi connectivity index (χ3n) is 3.07. The van der Waals surface area contributed by atoms with Gasteiger partial charge >= 0.3 is 0 Å². The van der Waals surface area contributed by atoms with Gasteiger partial charge in [0.05, 0.1) is 5.69 Å². The average Bonchev–Trinajstić information content (AvgIpc) is 2.73. The van der Waals surface area contributed by atoms with Crippen molar-refractivity contribution in [1.82, 2.24) is 9.78 Å². The molecule has 0 saturated heterocycles. The van der Waals surface area contributed by atoms with Gasteiger partial charge in [-0.25, -0.2) is 4.39 Å². The van der Waals surface area contributed by atoms with E-state index in [2.05, 4.69) is 5.10 Å². The third-order valence-corrected chi connectivity index (χ3v) is 3.42. The van der Waals surface area contributed by atoms with Gasteiger partial charge in [0, 0.05) is 30.1 Å². The molecule has 0 fully saturated rings. The zero-order valence-corrected chi connectivity index (χ0v) is 12.2. The molecular formula is C15H16ClFN2O. The Kier molecular flexibility index (Phi) is 4.55. The number of Topliss-reactive ketones (excluding diaryl/α,β-unsaturated/α-hetero) is 1. The van der Waals surface area contributed by atoms with E-state index in [0.717, 1.165) is 17.9 Å². The molecule has 0 amide bonds. The summed E-state index contributed by atoms with van der Waals surface area (Å²) in [4.78, 5) is 12.1. The number of carbonyl (C=O) groups excluding carboxylic acids is 1. The predicted octanol–water partition coefficient (Wildman–Crippen LogP) is 3.36. The molecule has 20 heavy (non-hydrogen) atoms. The van der Waals surface area contributed by atoms with Crippen LogP contribution in [-0.4, -0.2) is 15.6 Å². The number of benzene rings is 1. The third kappa shape index (κ3) is 3.45. The smallest absolute Gasteiger partial charge is 0.143 e. The van der Waals surface area contributed by atoms with Crippen LogP contribution in [0.1, 0.15) is 23.9 Å². The highest BCUT2D eigenvalue weighted by Gasteiger charge is 2.12. The summed E-state index contributed by atoms with van der Waals surface area (Å²) < 4.78 is 14.8. The summed E-state index contributed by atoms with van der Waals surface area (Å²) in [6.45, 7) is 4.61. The highest BCUT2D eigenvalue weighted by atomic mass is 35.5. The Labute approximate surface area is 122 Å². The molecule has 1 heterocycles. The molecule has 2 aromatic rings. The van der Waals surface area contributed by atoms with Crippen molar-refractivity contribution in [2.24, 2.45) is 0 Å². The SMILES string of the molecule is CCn1nc(C)cc1CC(=O)Cc1ccc(F)cc1Cl. The van der Waals surface area contributed by atoms with E-state index >= 15 is 0 Å². The van der Waals surface area contributed by atoms with Crippen LogP contribution in [0.2, 0.25) is 5.02 Å². The van der Waals surface area contributed by atoms with Crippen molar-refractivity contribution < 1.29 is 9.18 Å².